The molecule has 0 radical (unpaired) electrons. The molecule has 30 heavy (non-hydrogen) atoms. The average Bonchev–Trinajstić information content (AvgIpc) is 3.12. The van der Waals surface area contributed by atoms with Crippen molar-refractivity contribution in [1.29, 1.82) is 0 Å². The van der Waals surface area contributed by atoms with Gasteiger partial charge >= 0.3 is 6.18 Å². The van der Waals surface area contributed by atoms with Crippen LogP contribution in [0, 0.1) is 6.92 Å². The first-order chi connectivity index (χ1) is 14.1. The molecule has 1 aromatic heterocycles. The first kappa shape index (κ1) is 21.3. The molecule has 1 aliphatic heterocycles. The standard InChI is InChI=1S/C19H21F3N6O2/c1-10-8-15(27-26-10)17(30)28-6-4-11(5-7-28)13-3-2-12(16(29)25-18(23)24)9-14(13)19(20,21)22/h2-3,8-9,11H,4-7H2,1H3,(H,26,27)(H4,23,24,25,29). The van der Waals surface area contributed by atoms with Crippen molar-refractivity contribution in [3.8, 4) is 0 Å². The summed E-state index contributed by atoms with van der Waals surface area (Å²) in [5.74, 6) is -2.13. The van der Waals surface area contributed by atoms with E-state index in [2.05, 4.69) is 15.2 Å². The number of alkyl halides is 3. The molecule has 0 atom stereocenters. The van der Waals surface area contributed by atoms with Gasteiger partial charge in [0.2, 0.25) is 0 Å². The molecule has 1 aromatic carbocycles. The molecule has 1 fully saturated rings. The number of rotatable bonds is 3. The molecule has 5 N–H and O–H groups in total. The number of nitrogens with two attached hydrogens (primary N) is 2. The second-order valence-electron chi connectivity index (χ2n) is 7.14. The van der Waals surface area contributed by atoms with Crippen molar-refractivity contribution >= 4 is 17.8 Å². The highest BCUT2D eigenvalue weighted by atomic mass is 19.4. The van der Waals surface area contributed by atoms with Crippen LogP contribution in [0.2, 0.25) is 0 Å². The van der Waals surface area contributed by atoms with Crippen LogP contribution in [0.25, 0.3) is 0 Å². The Hall–Kier alpha value is -3.37. The van der Waals surface area contributed by atoms with E-state index < -0.39 is 29.5 Å². The van der Waals surface area contributed by atoms with E-state index in [1.807, 2.05) is 0 Å². The highest BCUT2D eigenvalue weighted by molar-refractivity contribution is 6.02. The third kappa shape index (κ3) is 4.61. The Morgan fingerprint density at radius 1 is 1.20 bits per heavy atom. The van der Waals surface area contributed by atoms with Crippen molar-refractivity contribution in [2.75, 3.05) is 13.1 Å². The summed E-state index contributed by atoms with van der Waals surface area (Å²) in [6, 6.07) is 4.97. The lowest BCUT2D eigenvalue weighted by atomic mass is 9.85. The zero-order chi connectivity index (χ0) is 22.1. The van der Waals surface area contributed by atoms with Crippen LogP contribution in [0.1, 0.15) is 56.4 Å². The fraction of sp³-hybridized carbons (Fsp3) is 0.368. The largest absolute Gasteiger partial charge is 0.416 e. The summed E-state index contributed by atoms with van der Waals surface area (Å²) in [5, 5.41) is 6.63. The summed E-state index contributed by atoms with van der Waals surface area (Å²) in [5.41, 5.74) is 10.2. The molecule has 3 rings (SSSR count). The van der Waals surface area contributed by atoms with Crippen LogP contribution in [0.3, 0.4) is 0 Å². The summed E-state index contributed by atoms with van der Waals surface area (Å²) in [7, 11) is 0. The number of aromatic amines is 1. The first-order valence-corrected chi connectivity index (χ1v) is 9.22. The highest BCUT2D eigenvalue weighted by Gasteiger charge is 2.37. The third-order valence-corrected chi connectivity index (χ3v) is 4.98. The maximum atomic E-state index is 13.7. The van der Waals surface area contributed by atoms with Gasteiger partial charge in [-0.2, -0.15) is 23.3 Å². The number of carbonyl (C=O) groups excluding carboxylic acids is 2. The zero-order valence-corrected chi connectivity index (χ0v) is 16.2. The van der Waals surface area contributed by atoms with Gasteiger partial charge in [-0.05, 0) is 49.4 Å². The number of halogens is 3. The van der Waals surface area contributed by atoms with E-state index in [-0.39, 0.29) is 22.7 Å². The lowest BCUT2D eigenvalue weighted by Gasteiger charge is -2.33. The van der Waals surface area contributed by atoms with Crippen LogP contribution >= 0.6 is 0 Å². The van der Waals surface area contributed by atoms with E-state index in [0.717, 1.165) is 11.8 Å². The number of benzene rings is 1. The van der Waals surface area contributed by atoms with Gasteiger partial charge in [0, 0.05) is 24.3 Å². The van der Waals surface area contributed by atoms with Crippen molar-refractivity contribution in [3.63, 3.8) is 0 Å². The Morgan fingerprint density at radius 3 is 2.40 bits per heavy atom. The number of hydrogen-bond donors (Lipinski definition) is 3. The molecule has 2 aromatic rings. The van der Waals surface area contributed by atoms with Crippen molar-refractivity contribution in [2.45, 2.75) is 31.9 Å². The molecule has 2 amide bonds. The molecule has 1 saturated heterocycles. The number of nitrogens with zero attached hydrogens (tertiary/aromatic N) is 3. The lowest BCUT2D eigenvalue weighted by Crippen LogP contribution is -2.38. The number of piperidine rings is 1. The topological polar surface area (TPSA) is 130 Å². The molecule has 1 aliphatic rings. The van der Waals surface area contributed by atoms with E-state index in [1.165, 1.54) is 12.1 Å². The number of likely N-dealkylation sites (tertiary alicyclic amines) is 1. The average molecular weight is 422 g/mol. The zero-order valence-electron chi connectivity index (χ0n) is 16.2. The number of hydrogen-bond acceptors (Lipinski definition) is 3. The number of aliphatic imine (C=N–C) groups is 1. The normalized spacial score (nSPS) is 15.1. The molecule has 0 unspecified atom stereocenters. The van der Waals surface area contributed by atoms with Gasteiger partial charge in [-0.1, -0.05) is 6.07 Å². The van der Waals surface area contributed by atoms with Gasteiger partial charge in [-0.25, -0.2) is 0 Å². The molecule has 160 valence electrons. The lowest BCUT2D eigenvalue weighted by molar-refractivity contribution is -0.138. The Morgan fingerprint density at radius 2 is 1.87 bits per heavy atom. The molecule has 0 bridgehead atoms. The van der Waals surface area contributed by atoms with Crippen LogP contribution in [-0.2, 0) is 6.18 Å². The van der Waals surface area contributed by atoms with Gasteiger partial charge < -0.3 is 16.4 Å². The van der Waals surface area contributed by atoms with Crippen LogP contribution in [-0.4, -0.2) is 46.0 Å². The minimum absolute atomic E-state index is 0.0893. The van der Waals surface area contributed by atoms with E-state index in [0.29, 0.717) is 25.9 Å². The Balaban J connectivity index is 1.80. The SMILES string of the molecule is Cc1cc(C(=O)N2CCC(c3ccc(C(=O)N=C(N)N)cc3C(F)(F)F)CC2)n[nH]1. The summed E-state index contributed by atoms with van der Waals surface area (Å²) in [6.45, 7) is 2.39. The summed E-state index contributed by atoms with van der Waals surface area (Å²) in [4.78, 5) is 29.3. The van der Waals surface area contributed by atoms with Crippen LogP contribution in [0.15, 0.2) is 29.3 Å². The number of guanidine groups is 1. The molecule has 0 aliphatic carbocycles. The van der Waals surface area contributed by atoms with Crippen molar-refractivity contribution < 1.29 is 22.8 Å². The van der Waals surface area contributed by atoms with E-state index in [4.69, 9.17) is 11.5 Å². The van der Waals surface area contributed by atoms with E-state index in [1.54, 1.807) is 17.9 Å². The Kier molecular flexibility index (Phi) is 5.81. The van der Waals surface area contributed by atoms with Gasteiger partial charge in [0.25, 0.3) is 11.8 Å². The number of nitrogens with one attached hydrogen (secondary N) is 1. The van der Waals surface area contributed by atoms with Gasteiger partial charge in [-0.3, -0.25) is 14.7 Å². The smallest absolute Gasteiger partial charge is 0.370 e. The molecule has 0 spiro atoms. The maximum absolute atomic E-state index is 13.7. The number of amides is 2. The van der Waals surface area contributed by atoms with Gasteiger partial charge in [0.15, 0.2) is 5.96 Å². The summed E-state index contributed by atoms with van der Waals surface area (Å²) >= 11 is 0. The predicted molar refractivity (Wildman–Crippen MR) is 103 cm³/mol. The molecular formula is C19H21F3N6O2. The second kappa shape index (κ2) is 8.17. The fourth-order valence-corrected chi connectivity index (χ4v) is 3.56. The van der Waals surface area contributed by atoms with Crippen molar-refractivity contribution in [2.24, 2.45) is 16.5 Å². The minimum atomic E-state index is -4.65. The van der Waals surface area contributed by atoms with Gasteiger partial charge in [-0.15, -0.1) is 0 Å². The fourth-order valence-electron chi connectivity index (χ4n) is 3.56. The van der Waals surface area contributed by atoms with Crippen molar-refractivity contribution in [1.82, 2.24) is 15.1 Å². The minimum Gasteiger partial charge on any atom is -0.370 e. The molecular weight excluding hydrogens is 401 g/mol. The summed E-state index contributed by atoms with van der Waals surface area (Å²) < 4.78 is 41.0. The number of aromatic nitrogens is 2. The van der Waals surface area contributed by atoms with Crippen LogP contribution in [0.4, 0.5) is 13.2 Å². The first-order valence-electron chi connectivity index (χ1n) is 9.22. The second-order valence-corrected chi connectivity index (χ2v) is 7.14. The molecule has 11 heteroatoms. The molecule has 0 saturated carbocycles. The Bertz CT molecular complexity index is 986. The van der Waals surface area contributed by atoms with E-state index in [9.17, 15) is 22.8 Å². The molecule has 8 nitrogen and oxygen atoms in total. The van der Waals surface area contributed by atoms with Gasteiger partial charge in [0.1, 0.15) is 5.69 Å². The molecule has 2 heterocycles. The summed E-state index contributed by atoms with van der Waals surface area (Å²) in [6.07, 6.45) is -3.93. The van der Waals surface area contributed by atoms with Crippen molar-refractivity contribution in [3.05, 3.63) is 52.3 Å². The Labute approximate surface area is 170 Å². The number of H-pyrrole nitrogens is 1. The highest BCUT2D eigenvalue weighted by Crippen LogP contribution is 2.39. The van der Waals surface area contributed by atoms with Crippen LogP contribution in [0.5, 0.6) is 0 Å². The monoisotopic (exact) mass is 422 g/mol. The quantitative estimate of drug-likeness (QED) is 0.515. The number of carbonyl (C=O) groups is 2. The van der Waals surface area contributed by atoms with Gasteiger partial charge in [0.05, 0.1) is 5.56 Å². The van der Waals surface area contributed by atoms with E-state index >= 15 is 0 Å². The number of aryl methyl sites for hydroxylation is 1. The third-order valence-electron chi connectivity index (χ3n) is 4.98. The van der Waals surface area contributed by atoms with Crippen LogP contribution < -0.4 is 11.5 Å². The maximum Gasteiger partial charge on any atom is 0.416 e. The predicted octanol–water partition coefficient (Wildman–Crippen LogP) is 2.17.